The molecule has 2 aliphatic rings. The highest BCUT2D eigenvalue weighted by Crippen LogP contribution is 2.19. The van der Waals surface area contributed by atoms with Crippen LogP contribution in [0.1, 0.15) is 39.0 Å². The first kappa shape index (κ1) is 18.0. The van der Waals surface area contributed by atoms with Crippen molar-refractivity contribution in [1.29, 1.82) is 0 Å². The van der Waals surface area contributed by atoms with Gasteiger partial charge in [0.1, 0.15) is 0 Å². The SMILES string of the molecule is CC1CCN(C(N)=NCCC2CCN(C)CC2)CC1.I. The lowest BCUT2D eigenvalue weighted by atomic mass is 9.94. The van der Waals surface area contributed by atoms with E-state index in [0.717, 1.165) is 37.4 Å². The van der Waals surface area contributed by atoms with Crippen LogP contribution in [0.25, 0.3) is 0 Å². The van der Waals surface area contributed by atoms with Crippen molar-refractivity contribution in [1.82, 2.24) is 9.80 Å². The van der Waals surface area contributed by atoms with Crippen molar-refractivity contribution in [2.75, 3.05) is 39.8 Å². The summed E-state index contributed by atoms with van der Waals surface area (Å²) in [4.78, 5) is 9.27. The molecule has 0 radical (unpaired) electrons. The highest BCUT2D eigenvalue weighted by atomic mass is 127. The van der Waals surface area contributed by atoms with Crippen LogP contribution >= 0.6 is 24.0 Å². The van der Waals surface area contributed by atoms with Crippen LogP contribution in [0.15, 0.2) is 4.99 Å². The van der Waals surface area contributed by atoms with Crippen LogP contribution in [0.5, 0.6) is 0 Å². The summed E-state index contributed by atoms with van der Waals surface area (Å²) in [6.45, 7) is 7.90. The van der Waals surface area contributed by atoms with Gasteiger partial charge < -0.3 is 15.5 Å². The third-order valence-electron chi connectivity index (χ3n) is 4.76. The van der Waals surface area contributed by atoms with E-state index in [1.165, 1.54) is 45.2 Å². The molecule has 20 heavy (non-hydrogen) atoms. The monoisotopic (exact) mass is 394 g/mol. The first-order valence-electron chi connectivity index (χ1n) is 7.88. The van der Waals surface area contributed by atoms with E-state index >= 15 is 0 Å². The van der Waals surface area contributed by atoms with Gasteiger partial charge in [-0.25, -0.2) is 0 Å². The standard InChI is InChI=1S/C15H30N4.HI/c1-13-4-11-19(12-5-13)15(16)17-8-3-14-6-9-18(2)10-7-14;/h13-14H,3-12H2,1-2H3,(H2,16,17);1H. The summed E-state index contributed by atoms with van der Waals surface area (Å²) in [6, 6.07) is 0. The van der Waals surface area contributed by atoms with Gasteiger partial charge in [-0.2, -0.15) is 0 Å². The Hall–Kier alpha value is -0.0400. The predicted octanol–water partition coefficient (Wildman–Crippen LogP) is 2.38. The number of rotatable bonds is 3. The third kappa shape index (κ3) is 5.76. The second kappa shape index (κ2) is 9.07. The summed E-state index contributed by atoms with van der Waals surface area (Å²) in [5, 5.41) is 0. The van der Waals surface area contributed by atoms with Gasteiger partial charge in [-0.3, -0.25) is 4.99 Å². The normalized spacial score (nSPS) is 23.7. The van der Waals surface area contributed by atoms with Crippen molar-refractivity contribution in [2.45, 2.75) is 39.0 Å². The van der Waals surface area contributed by atoms with Crippen LogP contribution in [-0.2, 0) is 0 Å². The number of guanidine groups is 1. The second-order valence-electron chi connectivity index (χ2n) is 6.44. The fourth-order valence-corrected chi connectivity index (χ4v) is 3.05. The number of hydrogen-bond donors (Lipinski definition) is 1. The molecule has 4 nitrogen and oxygen atoms in total. The zero-order valence-corrected chi connectivity index (χ0v) is 15.4. The van der Waals surface area contributed by atoms with Gasteiger partial charge in [0.15, 0.2) is 5.96 Å². The molecule has 0 saturated carbocycles. The average molecular weight is 394 g/mol. The van der Waals surface area contributed by atoms with Gasteiger partial charge in [0.25, 0.3) is 0 Å². The molecule has 0 bridgehead atoms. The molecule has 0 aromatic heterocycles. The molecule has 0 amide bonds. The summed E-state index contributed by atoms with van der Waals surface area (Å²) in [5.74, 6) is 2.48. The first-order chi connectivity index (χ1) is 9.15. The lowest BCUT2D eigenvalue weighted by Gasteiger charge is -2.31. The van der Waals surface area contributed by atoms with Crippen molar-refractivity contribution < 1.29 is 0 Å². The van der Waals surface area contributed by atoms with Gasteiger partial charge in [-0.05, 0) is 64.1 Å². The van der Waals surface area contributed by atoms with Gasteiger partial charge >= 0.3 is 0 Å². The Bertz CT molecular complexity index is 292. The molecule has 0 aliphatic carbocycles. The molecule has 0 aromatic rings. The molecule has 2 heterocycles. The van der Waals surface area contributed by atoms with E-state index < -0.39 is 0 Å². The Morgan fingerprint density at radius 3 is 2.30 bits per heavy atom. The number of nitrogens with two attached hydrogens (primary N) is 1. The maximum Gasteiger partial charge on any atom is 0.191 e. The number of piperidine rings is 2. The Labute approximate surface area is 141 Å². The van der Waals surface area contributed by atoms with Crippen LogP contribution in [0, 0.1) is 11.8 Å². The quantitative estimate of drug-likeness (QED) is 0.454. The van der Waals surface area contributed by atoms with E-state index in [9.17, 15) is 0 Å². The van der Waals surface area contributed by atoms with Crippen LogP contribution < -0.4 is 5.73 Å². The van der Waals surface area contributed by atoms with Gasteiger partial charge in [0, 0.05) is 19.6 Å². The summed E-state index contributed by atoms with van der Waals surface area (Å²) >= 11 is 0. The second-order valence-corrected chi connectivity index (χ2v) is 6.44. The van der Waals surface area contributed by atoms with Crippen molar-refractivity contribution >= 4 is 29.9 Å². The van der Waals surface area contributed by atoms with Gasteiger partial charge in [-0.15, -0.1) is 24.0 Å². The number of likely N-dealkylation sites (tertiary alicyclic amines) is 2. The molecular weight excluding hydrogens is 363 g/mol. The van der Waals surface area contributed by atoms with Gasteiger partial charge in [-0.1, -0.05) is 6.92 Å². The van der Waals surface area contributed by atoms with Crippen LogP contribution in [-0.4, -0.2) is 55.5 Å². The Balaban J connectivity index is 0.00000200. The molecule has 5 heteroatoms. The van der Waals surface area contributed by atoms with E-state index in [-0.39, 0.29) is 24.0 Å². The molecule has 0 unspecified atom stereocenters. The van der Waals surface area contributed by atoms with E-state index in [4.69, 9.17) is 5.73 Å². The van der Waals surface area contributed by atoms with E-state index in [2.05, 4.69) is 28.8 Å². The number of nitrogens with zero attached hydrogens (tertiary/aromatic N) is 3. The number of aliphatic imine (C=N–C) groups is 1. The van der Waals surface area contributed by atoms with Crippen molar-refractivity contribution in [3.8, 4) is 0 Å². The van der Waals surface area contributed by atoms with Crippen molar-refractivity contribution in [3.05, 3.63) is 0 Å². The Kier molecular flexibility index (Phi) is 8.17. The molecular formula is C15H31IN4. The highest BCUT2D eigenvalue weighted by Gasteiger charge is 2.18. The van der Waals surface area contributed by atoms with Crippen LogP contribution in [0.2, 0.25) is 0 Å². The molecule has 118 valence electrons. The molecule has 2 fully saturated rings. The van der Waals surface area contributed by atoms with Gasteiger partial charge in [0.2, 0.25) is 0 Å². The van der Waals surface area contributed by atoms with E-state index in [1.54, 1.807) is 0 Å². The van der Waals surface area contributed by atoms with Gasteiger partial charge in [0.05, 0.1) is 0 Å². The minimum absolute atomic E-state index is 0. The largest absolute Gasteiger partial charge is 0.370 e. The molecule has 2 rings (SSSR count). The third-order valence-corrected chi connectivity index (χ3v) is 4.76. The van der Waals surface area contributed by atoms with Crippen LogP contribution in [0.3, 0.4) is 0 Å². The molecule has 2 aliphatic heterocycles. The molecule has 0 spiro atoms. The fraction of sp³-hybridized carbons (Fsp3) is 0.933. The Morgan fingerprint density at radius 2 is 1.70 bits per heavy atom. The minimum Gasteiger partial charge on any atom is -0.370 e. The molecule has 0 atom stereocenters. The lowest BCUT2D eigenvalue weighted by molar-refractivity contribution is 0.214. The van der Waals surface area contributed by atoms with E-state index in [1.807, 2.05) is 0 Å². The van der Waals surface area contributed by atoms with E-state index in [0.29, 0.717) is 0 Å². The summed E-state index contributed by atoms with van der Waals surface area (Å²) < 4.78 is 0. The maximum atomic E-state index is 6.10. The topological polar surface area (TPSA) is 44.9 Å². The highest BCUT2D eigenvalue weighted by molar-refractivity contribution is 14.0. The van der Waals surface area contributed by atoms with Crippen molar-refractivity contribution in [3.63, 3.8) is 0 Å². The predicted molar refractivity (Wildman–Crippen MR) is 96.7 cm³/mol. The van der Waals surface area contributed by atoms with Crippen LogP contribution in [0.4, 0.5) is 0 Å². The van der Waals surface area contributed by atoms with Crippen molar-refractivity contribution in [2.24, 2.45) is 22.6 Å². The smallest absolute Gasteiger partial charge is 0.191 e. The molecule has 2 N–H and O–H groups in total. The summed E-state index contributed by atoms with van der Waals surface area (Å²) in [5.41, 5.74) is 6.10. The Morgan fingerprint density at radius 1 is 1.10 bits per heavy atom. The zero-order chi connectivity index (χ0) is 13.7. The maximum absolute atomic E-state index is 6.10. The summed E-state index contributed by atoms with van der Waals surface area (Å²) in [7, 11) is 2.21. The minimum atomic E-state index is 0. The summed E-state index contributed by atoms with van der Waals surface area (Å²) in [6.07, 6.45) is 6.37. The first-order valence-corrected chi connectivity index (χ1v) is 7.88. The molecule has 2 saturated heterocycles. The number of halogens is 1. The average Bonchev–Trinajstić information content (AvgIpc) is 2.41. The zero-order valence-electron chi connectivity index (χ0n) is 13.1. The number of hydrogen-bond acceptors (Lipinski definition) is 2. The molecule has 0 aromatic carbocycles. The lowest BCUT2D eigenvalue weighted by Crippen LogP contribution is -2.42. The fourth-order valence-electron chi connectivity index (χ4n) is 3.05.